The van der Waals surface area contributed by atoms with E-state index in [1.54, 1.807) is 7.11 Å². The molecule has 0 N–H and O–H groups in total. The molecule has 4 nitrogen and oxygen atoms in total. The Morgan fingerprint density at radius 1 is 1.24 bits per heavy atom. The van der Waals surface area contributed by atoms with Crippen molar-refractivity contribution >= 4 is 5.91 Å². The van der Waals surface area contributed by atoms with Gasteiger partial charge in [0, 0.05) is 26.8 Å². The Hall–Kier alpha value is -1.55. The van der Waals surface area contributed by atoms with E-state index in [4.69, 9.17) is 9.47 Å². The van der Waals surface area contributed by atoms with Crippen LogP contribution in [0.4, 0.5) is 0 Å². The summed E-state index contributed by atoms with van der Waals surface area (Å²) in [7, 11) is 1.74. The molecule has 0 aromatic heterocycles. The Kier molecular flexibility index (Phi) is 6.05. The van der Waals surface area contributed by atoms with Gasteiger partial charge in [-0.25, -0.2) is 0 Å². The van der Waals surface area contributed by atoms with Gasteiger partial charge in [-0.2, -0.15) is 0 Å². The minimum atomic E-state index is 0.0840. The molecular weight excluding hydrogens is 266 g/mol. The number of carbonyl (C=O) groups is 1. The van der Waals surface area contributed by atoms with E-state index >= 15 is 0 Å². The van der Waals surface area contributed by atoms with Gasteiger partial charge in [-0.15, -0.1) is 0 Å². The van der Waals surface area contributed by atoms with E-state index in [0.717, 1.165) is 44.7 Å². The molecule has 1 aromatic rings. The molecule has 0 bridgehead atoms. The van der Waals surface area contributed by atoms with Gasteiger partial charge in [0.15, 0.2) is 6.61 Å². The summed E-state index contributed by atoms with van der Waals surface area (Å²) in [6, 6.07) is 7.78. The number of carbonyl (C=O) groups excluding carboxylic acids is 1. The summed E-state index contributed by atoms with van der Waals surface area (Å²) in [4.78, 5) is 14.0. The van der Waals surface area contributed by atoms with E-state index in [1.165, 1.54) is 5.56 Å². The van der Waals surface area contributed by atoms with Gasteiger partial charge >= 0.3 is 0 Å². The molecule has 21 heavy (non-hydrogen) atoms. The van der Waals surface area contributed by atoms with Gasteiger partial charge in [0.1, 0.15) is 5.75 Å². The largest absolute Gasteiger partial charge is 0.484 e. The van der Waals surface area contributed by atoms with Crippen LogP contribution in [0.25, 0.3) is 0 Å². The number of nitrogens with zero attached hydrogens (tertiary/aromatic N) is 1. The average molecular weight is 291 g/mol. The summed E-state index contributed by atoms with van der Waals surface area (Å²) < 4.78 is 10.7. The van der Waals surface area contributed by atoms with Crippen molar-refractivity contribution in [2.24, 2.45) is 5.92 Å². The Morgan fingerprint density at radius 3 is 2.52 bits per heavy atom. The standard InChI is InChI=1S/C17H25NO3/c1-14-3-5-16(6-4-14)21-13-17(19)18-10-7-15(8-11-18)9-12-20-2/h3-6,15H,7-13H2,1-2H3. The molecule has 0 atom stereocenters. The van der Waals surface area contributed by atoms with E-state index in [-0.39, 0.29) is 12.5 Å². The number of piperidine rings is 1. The first-order valence-electron chi connectivity index (χ1n) is 7.65. The van der Waals surface area contributed by atoms with Crippen LogP contribution in [-0.4, -0.2) is 44.2 Å². The van der Waals surface area contributed by atoms with Crippen LogP contribution in [0.3, 0.4) is 0 Å². The monoisotopic (exact) mass is 291 g/mol. The Bertz CT molecular complexity index is 436. The molecule has 1 fully saturated rings. The molecule has 1 aliphatic rings. The normalized spacial score (nSPS) is 16.0. The van der Waals surface area contributed by atoms with Crippen molar-refractivity contribution in [3.63, 3.8) is 0 Å². The van der Waals surface area contributed by atoms with Crippen LogP contribution in [-0.2, 0) is 9.53 Å². The van der Waals surface area contributed by atoms with Gasteiger partial charge in [0.2, 0.25) is 0 Å². The van der Waals surface area contributed by atoms with E-state index in [1.807, 2.05) is 36.1 Å². The van der Waals surface area contributed by atoms with Gasteiger partial charge < -0.3 is 14.4 Å². The lowest BCUT2D eigenvalue weighted by molar-refractivity contribution is -0.134. The van der Waals surface area contributed by atoms with Crippen LogP contribution < -0.4 is 4.74 Å². The first kappa shape index (κ1) is 15.8. The number of hydrogen-bond acceptors (Lipinski definition) is 3. The predicted molar refractivity (Wildman–Crippen MR) is 82.5 cm³/mol. The van der Waals surface area contributed by atoms with E-state index in [9.17, 15) is 4.79 Å². The lowest BCUT2D eigenvalue weighted by Crippen LogP contribution is -2.41. The lowest BCUT2D eigenvalue weighted by atomic mass is 9.94. The second kappa shape index (κ2) is 8.03. The molecule has 1 heterocycles. The zero-order chi connectivity index (χ0) is 15.1. The molecule has 1 aliphatic heterocycles. The highest BCUT2D eigenvalue weighted by atomic mass is 16.5. The molecule has 2 rings (SSSR count). The van der Waals surface area contributed by atoms with Gasteiger partial charge in [-0.3, -0.25) is 4.79 Å². The number of amides is 1. The lowest BCUT2D eigenvalue weighted by Gasteiger charge is -2.31. The Labute approximate surface area is 127 Å². The fraction of sp³-hybridized carbons (Fsp3) is 0.588. The fourth-order valence-electron chi connectivity index (χ4n) is 2.63. The van der Waals surface area contributed by atoms with Gasteiger partial charge in [0.05, 0.1) is 0 Å². The minimum absolute atomic E-state index is 0.0840. The van der Waals surface area contributed by atoms with Crippen LogP contribution in [0.5, 0.6) is 5.75 Å². The van der Waals surface area contributed by atoms with Crippen LogP contribution >= 0.6 is 0 Å². The third-order valence-corrected chi connectivity index (χ3v) is 4.08. The molecule has 1 aromatic carbocycles. The highest BCUT2D eigenvalue weighted by Gasteiger charge is 2.22. The molecule has 0 unspecified atom stereocenters. The zero-order valence-electron chi connectivity index (χ0n) is 13.0. The first-order valence-corrected chi connectivity index (χ1v) is 7.65. The molecular formula is C17H25NO3. The van der Waals surface area contributed by atoms with Crippen molar-refractivity contribution in [1.29, 1.82) is 0 Å². The number of aryl methyl sites for hydroxylation is 1. The molecule has 0 spiro atoms. The number of methoxy groups -OCH3 is 1. The van der Waals surface area contributed by atoms with Crippen LogP contribution in [0.1, 0.15) is 24.8 Å². The second-order valence-electron chi connectivity index (χ2n) is 5.71. The number of hydrogen-bond donors (Lipinski definition) is 0. The zero-order valence-corrected chi connectivity index (χ0v) is 13.0. The number of benzene rings is 1. The summed E-state index contributed by atoms with van der Waals surface area (Å²) in [5.74, 6) is 1.52. The van der Waals surface area contributed by atoms with Gasteiger partial charge in [-0.05, 0) is 44.2 Å². The molecule has 0 radical (unpaired) electrons. The summed E-state index contributed by atoms with van der Waals surface area (Å²) in [5.41, 5.74) is 1.19. The maximum absolute atomic E-state index is 12.1. The Balaban J connectivity index is 1.71. The summed E-state index contributed by atoms with van der Waals surface area (Å²) in [6.45, 7) is 4.65. The highest BCUT2D eigenvalue weighted by molar-refractivity contribution is 5.77. The molecule has 116 valence electrons. The van der Waals surface area contributed by atoms with Crippen molar-refractivity contribution in [3.05, 3.63) is 29.8 Å². The maximum Gasteiger partial charge on any atom is 0.260 e. The number of ether oxygens (including phenoxy) is 2. The van der Waals surface area contributed by atoms with Gasteiger partial charge in [-0.1, -0.05) is 17.7 Å². The van der Waals surface area contributed by atoms with E-state index in [0.29, 0.717) is 5.92 Å². The van der Waals surface area contributed by atoms with E-state index in [2.05, 4.69) is 0 Å². The molecule has 4 heteroatoms. The van der Waals surface area contributed by atoms with Crippen molar-refractivity contribution in [2.75, 3.05) is 33.4 Å². The van der Waals surface area contributed by atoms with Crippen LogP contribution in [0.15, 0.2) is 24.3 Å². The molecule has 0 aliphatic carbocycles. The fourth-order valence-corrected chi connectivity index (χ4v) is 2.63. The third kappa shape index (κ3) is 5.05. The third-order valence-electron chi connectivity index (χ3n) is 4.08. The average Bonchev–Trinajstić information content (AvgIpc) is 2.52. The van der Waals surface area contributed by atoms with Gasteiger partial charge in [0.25, 0.3) is 5.91 Å². The number of likely N-dealkylation sites (tertiary alicyclic amines) is 1. The predicted octanol–water partition coefficient (Wildman–Crippen LogP) is 2.65. The van der Waals surface area contributed by atoms with Crippen LogP contribution in [0, 0.1) is 12.8 Å². The SMILES string of the molecule is COCCC1CCN(C(=O)COc2ccc(C)cc2)CC1. The molecule has 1 amide bonds. The first-order chi connectivity index (χ1) is 10.2. The quantitative estimate of drug-likeness (QED) is 0.809. The second-order valence-corrected chi connectivity index (χ2v) is 5.71. The summed E-state index contributed by atoms with van der Waals surface area (Å²) in [5, 5.41) is 0. The van der Waals surface area contributed by atoms with E-state index < -0.39 is 0 Å². The number of rotatable bonds is 6. The topological polar surface area (TPSA) is 38.8 Å². The minimum Gasteiger partial charge on any atom is -0.484 e. The van der Waals surface area contributed by atoms with Crippen molar-refractivity contribution in [2.45, 2.75) is 26.2 Å². The Morgan fingerprint density at radius 2 is 1.90 bits per heavy atom. The summed E-state index contributed by atoms with van der Waals surface area (Å²) in [6.07, 6.45) is 3.23. The molecule has 1 saturated heterocycles. The van der Waals surface area contributed by atoms with Crippen molar-refractivity contribution in [1.82, 2.24) is 4.90 Å². The maximum atomic E-state index is 12.1. The van der Waals surface area contributed by atoms with Crippen molar-refractivity contribution in [3.8, 4) is 5.75 Å². The molecule has 0 saturated carbocycles. The highest BCUT2D eigenvalue weighted by Crippen LogP contribution is 2.20. The van der Waals surface area contributed by atoms with Crippen molar-refractivity contribution < 1.29 is 14.3 Å². The summed E-state index contributed by atoms with van der Waals surface area (Å²) >= 11 is 0. The smallest absolute Gasteiger partial charge is 0.260 e. The van der Waals surface area contributed by atoms with Crippen LogP contribution in [0.2, 0.25) is 0 Å².